The number of carbonyl (C=O) groups is 1. The molecule has 24 heavy (non-hydrogen) atoms. The summed E-state index contributed by atoms with van der Waals surface area (Å²) in [5.74, 6) is -0.388. The minimum Gasteiger partial charge on any atom is -0.465 e. The predicted molar refractivity (Wildman–Crippen MR) is 91.2 cm³/mol. The standard InChI is InChI=1S/C17H17BN2O4/c1-11-7-14(18(22)23)5-3-13(11)9-20-10-19-15-8-12(17(21)24-2)4-6-16(15)20/h3-8,10,22-23H,9H2,1-2H3. The number of methoxy groups -OCH3 is 1. The third-order valence-corrected chi connectivity index (χ3v) is 4.05. The largest absolute Gasteiger partial charge is 0.488 e. The van der Waals surface area contributed by atoms with E-state index in [9.17, 15) is 14.8 Å². The molecule has 0 unspecified atom stereocenters. The lowest BCUT2D eigenvalue weighted by atomic mass is 9.79. The molecule has 0 atom stereocenters. The van der Waals surface area contributed by atoms with E-state index < -0.39 is 7.12 Å². The molecule has 7 heteroatoms. The van der Waals surface area contributed by atoms with Crippen molar-refractivity contribution in [2.24, 2.45) is 0 Å². The average Bonchev–Trinajstić information content (AvgIpc) is 2.98. The second kappa shape index (κ2) is 6.47. The number of rotatable bonds is 4. The van der Waals surface area contributed by atoms with Crippen molar-refractivity contribution in [2.75, 3.05) is 7.11 Å². The molecule has 0 saturated carbocycles. The van der Waals surface area contributed by atoms with Gasteiger partial charge in [0, 0.05) is 6.54 Å². The van der Waals surface area contributed by atoms with Crippen LogP contribution in [0.2, 0.25) is 0 Å². The molecule has 3 aromatic rings. The zero-order valence-electron chi connectivity index (χ0n) is 13.4. The first-order valence-electron chi connectivity index (χ1n) is 7.48. The van der Waals surface area contributed by atoms with Gasteiger partial charge in [-0.2, -0.15) is 0 Å². The van der Waals surface area contributed by atoms with Crippen molar-refractivity contribution in [2.45, 2.75) is 13.5 Å². The topological polar surface area (TPSA) is 84.6 Å². The van der Waals surface area contributed by atoms with Crippen LogP contribution in [0.5, 0.6) is 0 Å². The van der Waals surface area contributed by atoms with Gasteiger partial charge in [-0.25, -0.2) is 9.78 Å². The van der Waals surface area contributed by atoms with Crippen LogP contribution in [-0.4, -0.2) is 39.8 Å². The minimum atomic E-state index is -1.47. The van der Waals surface area contributed by atoms with E-state index in [0.29, 0.717) is 17.6 Å². The third kappa shape index (κ3) is 3.04. The Bertz CT molecular complexity index is 905. The summed E-state index contributed by atoms with van der Waals surface area (Å²) in [6.07, 6.45) is 1.72. The number of hydrogen-bond acceptors (Lipinski definition) is 5. The van der Waals surface area contributed by atoms with Gasteiger partial charge >= 0.3 is 13.1 Å². The Morgan fingerprint density at radius 2 is 2.04 bits per heavy atom. The van der Waals surface area contributed by atoms with Crippen LogP contribution in [0.25, 0.3) is 11.0 Å². The predicted octanol–water partition coefficient (Wildman–Crippen LogP) is 0.859. The van der Waals surface area contributed by atoms with Crippen LogP contribution in [0.15, 0.2) is 42.7 Å². The Kier molecular flexibility index (Phi) is 4.37. The third-order valence-electron chi connectivity index (χ3n) is 4.05. The molecular weight excluding hydrogens is 307 g/mol. The maximum absolute atomic E-state index is 11.6. The molecule has 122 valence electrons. The zero-order valence-corrected chi connectivity index (χ0v) is 13.4. The fraction of sp³-hybridized carbons (Fsp3) is 0.176. The van der Waals surface area contributed by atoms with Crippen LogP contribution < -0.4 is 5.46 Å². The number of aromatic nitrogens is 2. The molecule has 2 N–H and O–H groups in total. The van der Waals surface area contributed by atoms with Gasteiger partial charge in [-0.15, -0.1) is 0 Å². The van der Waals surface area contributed by atoms with Crippen molar-refractivity contribution in [3.05, 3.63) is 59.4 Å². The Morgan fingerprint density at radius 1 is 1.25 bits per heavy atom. The van der Waals surface area contributed by atoms with Gasteiger partial charge in [0.25, 0.3) is 0 Å². The van der Waals surface area contributed by atoms with Gasteiger partial charge in [0.1, 0.15) is 0 Å². The van der Waals surface area contributed by atoms with E-state index in [1.54, 1.807) is 30.6 Å². The van der Waals surface area contributed by atoms with Crippen LogP contribution in [0.3, 0.4) is 0 Å². The summed E-state index contributed by atoms with van der Waals surface area (Å²) in [5, 5.41) is 18.5. The lowest BCUT2D eigenvalue weighted by Crippen LogP contribution is -2.30. The summed E-state index contributed by atoms with van der Waals surface area (Å²) in [7, 11) is -0.121. The molecule has 3 rings (SSSR count). The van der Waals surface area contributed by atoms with Crippen LogP contribution in [0.1, 0.15) is 21.5 Å². The highest BCUT2D eigenvalue weighted by atomic mass is 16.5. The van der Waals surface area contributed by atoms with Crippen molar-refractivity contribution in [1.29, 1.82) is 0 Å². The summed E-state index contributed by atoms with van der Waals surface area (Å²) < 4.78 is 6.70. The monoisotopic (exact) mass is 324 g/mol. The second-order valence-electron chi connectivity index (χ2n) is 5.63. The first-order valence-corrected chi connectivity index (χ1v) is 7.48. The molecule has 0 aliphatic carbocycles. The quantitative estimate of drug-likeness (QED) is 0.549. The SMILES string of the molecule is COC(=O)c1ccc2c(c1)ncn2Cc1ccc(B(O)O)cc1C. The molecule has 2 aromatic carbocycles. The molecule has 6 nitrogen and oxygen atoms in total. The maximum Gasteiger partial charge on any atom is 0.488 e. The molecule has 0 radical (unpaired) electrons. The van der Waals surface area contributed by atoms with Gasteiger partial charge in [0.15, 0.2) is 0 Å². The molecule has 0 aliphatic rings. The normalized spacial score (nSPS) is 10.8. The van der Waals surface area contributed by atoms with Crippen LogP contribution in [0, 0.1) is 6.92 Å². The molecule has 0 saturated heterocycles. The summed E-state index contributed by atoms with van der Waals surface area (Å²) in [6, 6.07) is 10.6. The molecule has 0 spiro atoms. The lowest BCUT2D eigenvalue weighted by molar-refractivity contribution is 0.0601. The van der Waals surface area contributed by atoms with E-state index in [1.807, 2.05) is 23.6 Å². The van der Waals surface area contributed by atoms with Crippen molar-refractivity contribution in [1.82, 2.24) is 9.55 Å². The minimum absolute atomic E-state index is 0.388. The number of hydrogen-bond donors (Lipinski definition) is 2. The summed E-state index contributed by atoms with van der Waals surface area (Å²) >= 11 is 0. The van der Waals surface area contributed by atoms with E-state index in [1.165, 1.54) is 7.11 Å². The van der Waals surface area contributed by atoms with Crippen LogP contribution in [-0.2, 0) is 11.3 Å². The Morgan fingerprint density at radius 3 is 2.71 bits per heavy atom. The van der Waals surface area contributed by atoms with E-state index in [2.05, 4.69) is 4.98 Å². The highest BCUT2D eigenvalue weighted by Crippen LogP contribution is 2.18. The number of fused-ring (bicyclic) bond motifs is 1. The number of ether oxygens (including phenoxy) is 1. The number of carbonyl (C=O) groups excluding carboxylic acids is 1. The van der Waals surface area contributed by atoms with Crippen molar-refractivity contribution in [3.63, 3.8) is 0 Å². The molecular formula is C17H17BN2O4. The second-order valence-corrected chi connectivity index (χ2v) is 5.63. The Hall–Kier alpha value is -2.64. The van der Waals surface area contributed by atoms with Gasteiger partial charge in [-0.05, 0) is 41.7 Å². The number of aryl methyl sites for hydroxylation is 1. The maximum atomic E-state index is 11.6. The summed E-state index contributed by atoms with van der Waals surface area (Å²) in [6.45, 7) is 2.53. The number of imidazole rings is 1. The van der Waals surface area contributed by atoms with Gasteiger partial charge in [-0.1, -0.05) is 18.2 Å². The van der Waals surface area contributed by atoms with Gasteiger partial charge in [0.05, 0.1) is 30.0 Å². The first kappa shape index (κ1) is 16.2. The number of esters is 1. The molecule has 0 bridgehead atoms. The molecule has 1 aromatic heterocycles. The van der Waals surface area contributed by atoms with E-state index >= 15 is 0 Å². The summed E-state index contributed by atoms with van der Waals surface area (Å²) in [5.41, 5.74) is 4.58. The Balaban J connectivity index is 1.92. The van der Waals surface area contributed by atoms with Gasteiger partial charge < -0.3 is 19.4 Å². The molecule has 0 fully saturated rings. The number of benzene rings is 2. The average molecular weight is 324 g/mol. The molecule has 0 amide bonds. The molecule has 0 aliphatic heterocycles. The van der Waals surface area contributed by atoms with Gasteiger partial charge in [0.2, 0.25) is 0 Å². The fourth-order valence-corrected chi connectivity index (χ4v) is 2.68. The molecule has 1 heterocycles. The lowest BCUT2D eigenvalue weighted by Gasteiger charge is -2.10. The zero-order chi connectivity index (χ0) is 17.3. The van der Waals surface area contributed by atoms with Crippen molar-refractivity contribution in [3.8, 4) is 0 Å². The fourth-order valence-electron chi connectivity index (χ4n) is 2.68. The number of nitrogens with zero attached hydrogens (tertiary/aromatic N) is 2. The van der Waals surface area contributed by atoms with Crippen LogP contribution >= 0.6 is 0 Å². The van der Waals surface area contributed by atoms with Crippen molar-refractivity contribution >= 4 is 29.6 Å². The summed E-state index contributed by atoms with van der Waals surface area (Å²) in [4.78, 5) is 15.9. The van der Waals surface area contributed by atoms with Crippen LogP contribution in [0.4, 0.5) is 0 Å². The van der Waals surface area contributed by atoms with E-state index in [0.717, 1.165) is 22.2 Å². The van der Waals surface area contributed by atoms with E-state index in [4.69, 9.17) is 4.74 Å². The van der Waals surface area contributed by atoms with Crippen molar-refractivity contribution < 1.29 is 19.6 Å². The Labute approximate surface area is 139 Å². The highest BCUT2D eigenvalue weighted by Gasteiger charge is 2.13. The smallest absolute Gasteiger partial charge is 0.465 e. The first-order chi connectivity index (χ1) is 11.5. The van der Waals surface area contributed by atoms with Gasteiger partial charge in [-0.3, -0.25) is 0 Å². The highest BCUT2D eigenvalue weighted by molar-refractivity contribution is 6.58. The van der Waals surface area contributed by atoms with E-state index in [-0.39, 0.29) is 5.97 Å².